The second-order valence-electron chi connectivity index (χ2n) is 11.2. The third-order valence-corrected chi connectivity index (χ3v) is 9.91. The minimum absolute atomic E-state index is 0.0236. The van der Waals surface area contributed by atoms with Crippen LogP contribution in [0.4, 0.5) is 0 Å². The number of aryl methyl sites for hydroxylation is 2. The average Bonchev–Trinajstić information content (AvgIpc) is 3.50. The van der Waals surface area contributed by atoms with Gasteiger partial charge in [-0.05, 0) is 74.2 Å². The smallest absolute Gasteiger partial charge is 0.337 e. The Balaban J connectivity index is 1.65. The maximum Gasteiger partial charge on any atom is 0.337 e. The van der Waals surface area contributed by atoms with Crippen LogP contribution in [-0.4, -0.2) is 55.8 Å². The van der Waals surface area contributed by atoms with E-state index in [1.807, 2.05) is 13.8 Å². The number of esters is 1. The van der Waals surface area contributed by atoms with Crippen molar-refractivity contribution in [2.24, 2.45) is 0 Å². The number of nitrogens with zero attached hydrogens (tertiary/aromatic N) is 2. The summed E-state index contributed by atoms with van der Waals surface area (Å²) in [4.78, 5) is 41.4. The van der Waals surface area contributed by atoms with Gasteiger partial charge in [0.15, 0.2) is 0 Å². The number of hydrogen-bond donors (Lipinski definition) is 1. The van der Waals surface area contributed by atoms with E-state index < -0.39 is 22.0 Å². The van der Waals surface area contributed by atoms with E-state index in [0.717, 1.165) is 18.4 Å². The van der Waals surface area contributed by atoms with Crippen molar-refractivity contribution in [2.45, 2.75) is 57.0 Å². The number of fused-ring (bicyclic) bond motifs is 1. The summed E-state index contributed by atoms with van der Waals surface area (Å²) in [5, 5.41) is 3.56. The zero-order chi connectivity index (χ0) is 32.3. The third-order valence-electron chi connectivity index (χ3n) is 8.22. The molecule has 1 unspecified atom stereocenters. The van der Waals surface area contributed by atoms with Crippen molar-refractivity contribution in [3.63, 3.8) is 0 Å². The molecule has 2 amide bonds. The summed E-state index contributed by atoms with van der Waals surface area (Å²) >= 11 is 0. The van der Waals surface area contributed by atoms with Crippen molar-refractivity contribution in [1.82, 2.24) is 14.2 Å². The highest BCUT2D eigenvalue weighted by atomic mass is 32.2. The maximum absolute atomic E-state index is 13.9. The highest BCUT2D eigenvalue weighted by molar-refractivity contribution is 7.90. The fourth-order valence-corrected chi connectivity index (χ4v) is 7.23. The van der Waals surface area contributed by atoms with Crippen LogP contribution in [0.2, 0.25) is 0 Å². The normalized spacial score (nSPS) is 16.4. The van der Waals surface area contributed by atoms with E-state index in [0.29, 0.717) is 51.9 Å². The molecule has 1 aromatic heterocycles. The first-order valence-electron chi connectivity index (χ1n) is 14.8. The topological polar surface area (TPSA) is 124 Å². The summed E-state index contributed by atoms with van der Waals surface area (Å²) in [6.45, 7) is 4.14. The molecule has 2 heterocycles. The van der Waals surface area contributed by atoms with Crippen LogP contribution in [0, 0.1) is 13.8 Å². The Bertz CT molecular complexity index is 1850. The van der Waals surface area contributed by atoms with Crippen LogP contribution in [0.3, 0.4) is 0 Å². The lowest BCUT2D eigenvalue weighted by Crippen LogP contribution is -2.44. The Hall–Kier alpha value is -4.64. The number of rotatable bonds is 7. The quantitative estimate of drug-likeness (QED) is 0.283. The highest BCUT2D eigenvalue weighted by Gasteiger charge is 2.34. The van der Waals surface area contributed by atoms with Crippen molar-refractivity contribution < 1.29 is 32.3 Å². The Morgan fingerprint density at radius 2 is 1.67 bits per heavy atom. The number of aromatic nitrogens is 1. The number of nitrogens with one attached hydrogen (secondary N) is 1. The number of carbonyl (C=O) groups is 3. The third kappa shape index (κ3) is 6.30. The zero-order valence-electron chi connectivity index (χ0n) is 25.8. The van der Waals surface area contributed by atoms with Gasteiger partial charge in [-0.2, -0.15) is 0 Å². The summed E-state index contributed by atoms with van der Waals surface area (Å²) in [7, 11) is -1.13. The number of carbonyl (C=O) groups excluding carboxylic acids is 3. The van der Waals surface area contributed by atoms with Gasteiger partial charge in [-0.3, -0.25) is 9.59 Å². The van der Waals surface area contributed by atoms with Gasteiger partial charge in [-0.25, -0.2) is 17.2 Å². The number of benzene rings is 3. The lowest BCUT2D eigenvalue weighted by atomic mass is 9.98. The molecule has 0 saturated carbocycles. The van der Waals surface area contributed by atoms with E-state index in [-0.39, 0.29) is 29.7 Å². The van der Waals surface area contributed by atoms with Crippen LogP contribution >= 0.6 is 0 Å². The van der Waals surface area contributed by atoms with Crippen molar-refractivity contribution in [1.29, 1.82) is 0 Å². The van der Waals surface area contributed by atoms with E-state index in [1.54, 1.807) is 60.7 Å². The molecule has 10 nitrogen and oxygen atoms in total. The molecule has 1 N–H and O–H groups in total. The van der Waals surface area contributed by atoms with E-state index in [1.165, 1.54) is 29.3 Å². The van der Waals surface area contributed by atoms with Gasteiger partial charge in [0.2, 0.25) is 11.8 Å². The summed E-state index contributed by atoms with van der Waals surface area (Å²) < 4.78 is 39.4. The highest BCUT2D eigenvalue weighted by Crippen LogP contribution is 2.37. The van der Waals surface area contributed by atoms with E-state index in [2.05, 4.69) is 5.32 Å². The van der Waals surface area contributed by atoms with Crippen LogP contribution in [0.15, 0.2) is 71.8 Å². The van der Waals surface area contributed by atoms with E-state index in [4.69, 9.17) is 9.47 Å². The van der Waals surface area contributed by atoms with Crippen LogP contribution in [0.25, 0.3) is 10.9 Å². The fourth-order valence-electron chi connectivity index (χ4n) is 5.81. The molecule has 11 heteroatoms. The zero-order valence-corrected chi connectivity index (χ0v) is 26.6. The minimum atomic E-state index is -3.94. The molecule has 4 aromatic rings. The van der Waals surface area contributed by atoms with Crippen LogP contribution in [0.1, 0.15) is 64.3 Å². The number of hydrogen-bond acceptors (Lipinski definition) is 7. The molecule has 0 spiro atoms. The maximum atomic E-state index is 13.9. The molecule has 0 radical (unpaired) electrons. The molecule has 0 aliphatic carbocycles. The van der Waals surface area contributed by atoms with Gasteiger partial charge >= 0.3 is 5.97 Å². The largest absolute Gasteiger partial charge is 0.496 e. The second kappa shape index (κ2) is 13.2. The van der Waals surface area contributed by atoms with Gasteiger partial charge in [0.25, 0.3) is 10.0 Å². The number of amides is 2. The van der Waals surface area contributed by atoms with Crippen LogP contribution < -0.4 is 10.1 Å². The number of ether oxygens (including phenoxy) is 2. The molecule has 1 aliphatic rings. The molecule has 1 saturated heterocycles. The Kier molecular flexibility index (Phi) is 9.29. The average molecular weight is 632 g/mol. The molecule has 236 valence electrons. The lowest BCUT2D eigenvalue weighted by Gasteiger charge is -2.33. The molecule has 45 heavy (non-hydrogen) atoms. The summed E-state index contributed by atoms with van der Waals surface area (Å²) in [5.41, 5.74) is 3.49. The first-order valence-corrected chi connectivity index (χ1v) is 16.3. The van der Waals surface area contributed by atoms with Gasteiger partial charge in [-0.1, -0.05) is 36.2 Å². The fraction of sp³-hybridized carbons (Fsp3) is 0.324. The van der Waals surface area contributed by atoms with Gasteiger partial charge in [0.05, 0.1) is 36.7 Å². The van der Waals surface area contributed by atoms with Gasteiger partial charge in [0, 0.05) is 30.1 Å². The molecular formula is C34H37N3O7S. The van der Waals surface area contributed by atoms with Gasteiger partial charge < -0.3 is 19.7 Å². The molecule has 1 atom stereocenters. The molecular weight excluding hydrogens is 594 g/mol. The molecule has 5 rings (SSSR count). The van der Waals surface area contributed by atoms with Gasteiger partial charge in [0.1, 0.15) is 11.8 Å². The predicted molar refractivity (Wildman–Crippen MR) is 170 cm³/mol. The first kappa shape index (κ1) is 31.8. The first-order chi connectivity index (χ1) is 21.6. The van der Waals surface area contributed by atoms with E-state index in [9.17, 15) is 22.8 Å². The van der Waals surface area contributed by atoms with Crippen molar-refractivity contribution in [3.05, 3.63) is 94.7 Å². The van der Waals surface area contributed by atoms with Gasteiger partial charge in [-0.15, -0.1) is 0 Å². The summed E-state index contributed by atoms with van der Waals surface area (Å²) in [6, 6.07) is 15.5. The Morgan fingerprint density at radius 1 is 0.956 bits per heavy atom. The van der Waals surface area contributed by atoms with Crippen molar-refractivity contribution in [3.8, 4) is 5.75 Å². The summed E-state index contributed by atoms with van der Waals surface area (Å²) in [6.07, 6.45) is 3.95. The van der Waals surface area contributed by atoms with E-state index >= 15 is 0 Å². The Labute approximate surface area is 263 Å². The molecule has 1 fully saturated rings. The molecule has 0 bridgehead atoms. The molecule has 1 aliphatic heterocycles. The number of methoxy groups -OCH3 is 2. The van der Waals surface area contributed by atoms with Crippen molar-refractivity contribution in [2.75, 3.05) is 20.8 Å². The van der Waals surface area contributed by atoms with Crippen LogP contribution in [0.5, 0.6) is 5.75 Å². The lowest BCUT2D eigenvalue weighted by molar-refractivity contribution is -0.142. The second-order valence-corrected chi connectivity index (χ2v) is 13.0. The van der Waals surface area contributed by atoms with Crippen LogP contribution in [-0.2, 0) is 30.9 Å². The molecule has 3 aromatic carbocycles. The predicted octanol–water partition coefficient (Wildman–Crippen LogP) is 5.05. The van der Waals surface area contributed by atoms with Crippen molar-refractivity contribution >= 4 is 38.7 Å². The standard InChI is InChI=1S/C34H37N3O7S/c1-22-9-15-26(16-10-22)45(41,42)37-19-17-27-28(29(43-3)20-23(2)31(27)37)21-36-30(38)8-6-5-7-18-35-33(39)32(36)24-11-13-25(14-12-24)34(40)44-4/h9-17,19-20,32H,5-8,18,21H2,1-4H3,(H,35,39). The SMILES string of the molecule is COC(=O)c1ccc(C2C(=O)NCCCCCC(=O)N2Cc2c(OC)cc(C)c3c2ccn3S(=O)(=O)c2ccc(C)cc2)cc1. The minimum Gasteiger partial charge on any atom is -0.496 e. The monoisotopic (exact) mass is 631 g/mol. The summed E-state index contributed by atoms with van der Waals surface area (Å²) in [5.74, 6) is -0.619. The Morgan fingerprint density at radius 3 is 2.33 bits per heavy atom.